The predicted octanol–water partition coefficient (Wildman–Crippen LogP) is 0.375. The lowest BCUT2D eigenvalue weighted by Gasteiger charge is -2.14. The highest BCUT2D eigenvalue weighted by molar-refractivity contribution is 5.87. The second kappa shape index (κ2) is 8.89. The summed E-state index contributed by atoms with van der Waals surface area (Å²) in [4.78, 5) is 37.7. The molecule has 2 aromatic rings. The van der Waals surface area contributed by atoms with Crippen LogP contribution in [-0.4, -0.2) is 39.9 Å². The maximum Gasteiger partial charge on any atom is 0.330 e. The minimum atomic E-state index is -0.884. The first-order valence-corrected chi connectivity index (χ1v) is 9.12. The van der Waals surface area contributed by atoms with Gasteiger partial charge in [-0.05, 0) is 30.7 Å². The van der Waals surface area contributed by atoms with Crippen LogP contribution in [0.2, 0.25) is 0 Å². The number of carbonyl (C=O) groups excluding carboxylic acids is 1. The van der Waals surface area contributed by atoms with Gasteiger partial charge < -0.3 is 19.9 Å². The minimum Gasteiger partial charge on any atom is -0.497 e. The van der Waals surface area contributed by atoms with Crippen LogP contribution in [0.25, 0.3) is 0 Å². The SMILES string of the molecule is COc1ccc(CNC(=O)/C=C/[C@H]2O[C@@H](n3cc(C)c(=O)[nH]c3=O)C[C@@H]2O)cc1. The molecule has 1 saturated heterocycles. The lowest BCUT2D eigenvalue weighted by atomic mass is 10.1. The van der Waals surface area contributed by atoms with Crippen LogP contribution < -0.4 is 21.3 Å². The highest BCUT2D eigenvalue weighted by atomic mass is 16.5. The molecule has 1 aromatic carbocycles. The molecular weight excluding hydrogens is 378 g/mol. The number of hydrogen-bond acceptors (Lipinski definition) is 6. The Kier molecular flexibility index (Phi) is 6.30. The zero-order chi connectivity index (χ0) is 21.0. The van der Waals surface area contributed by atoms with E-state index in [1.54, 1.807) is 26.2 Å². The van der Waals surface area contributed by atoms with Crippen LogP contribution >= 0.6 is 0 Å². The van der Waals surface area contributed by atoms with Gasteiger partial charge in [-0.3, -0.25) is 19.1 Å². The van der Waals surface area contributed by atoms with E-state index in [2.05, 4.69) is 10.3 Å². The van der Waals surface area contributed by atoms with Gasteiger partial charge in [0.25, 0.3) is 5.56 Å². The highest BCUT2D eigenvalue weighted by Crippen LogP contribution is 2.28. The van der Waals surface area contributed by atoms with Crippen molar-refractivity contribution in [1.82, 2.24) is 14.9 Å². The lowest BCUT2D eigenvalue weighted by Crippen LogP contribution is -2.33. The zero-order valence-corrected chi connectivity index (χ0v) is 16.1. The second-order valence-electron chi connectivity index (χ2n) is 6.76. The van der Waals surface area contributed by atoms with Crippen molar-refractivity contribution in [2.24, 2.45) is 0 Å². The predicted molar refractivity (Wildman–Crippen MR) is 105 cm³/mol. The summed E-state index contributed by atoms with van der Waals surface area (Å²) in [6, 6.07) is 7.31. The van der Waals surface area contributed by atoms with Crippen molar-refractivity contribution >= 4 is 5.91 Å². The Labute approximate surface area is 166 Å². The van der Waals surface area contributed by atoms with Gasteiger partial charge in [0.15, 0.2) is 0 Å². The number of aliphatic hydroxyl groups is 1. The molecular formula is C20H23N3O6. The second-order valence-corrected chi connectivity index (χ2v) is 6.76. The Balaban J connectivity index is 1.57. The highest BCUT2D eigenvalue weighted by Gasteiger charge is 2.34. The average molecular weight is 401 g/mol. The van der Waals surface area contributed by atoms with Crippen molar-refractivity contribution < 1.29 is 19.4 Å². The van der Waals surface area contributed by atoms with Gasteiger partial charge >= 0.3 is 5.69 Å². The van der Waals surface area contributed by atoms with Gasteiger partial charge in [-0.15, -0.1) is 0 Å². The molecule has 29 heavy (non-hydrogen) atoms. The average Bonchev–Trinajstić information content (AvgIpc) is 3.08. The number of amides is 1. The molecule has 0 spiro atoms. The van der Waals surface area contributed by atoms with Gasteiger partial charge in [-0.25, -0.2) is 4.79 Å². The van der Waals surface area contributed by atoms with Gasteiger partial charge in [0.1, 0.15) is 18.1 Å². The van der Waals surface area contributed by atoms with E-state index >= 15 is 0 Å². The van der Waals surface area contributed by atoms with E-state index < -0.39 is 29.7 Å². The van der Waals surface area contributed by atoms with Crippen LogP contribution in [0.15, 0.2) is 52.2 Å². The molecule has 0 unspecified atom stereocenters. The fraction of sp³-hybridized carbons (Fsp3) is 0.350. The van der Waals surface area contributed by atoms with Crippen molar-refractivity contribution in [2.75, 3.05) is 7.11 Å². The number of aromatic nitrogens is 2. The number of H-pyrrole nitrogens is 1. The van der Waals surface area contributed by atoms with Crippen molar-refractivity contribution in [3.05, 3.63) is 74.6 Å². The Morgan fingerprint density at radius 2 is 2.10 bits per heavy atom. The van der Waals surface area contributed by atoms with Gasteiger partial charge in [0.2, 0.25) is 5.91 Å². The van der Waals surface area contributed by atoms with E-state index in [1.807, 2.05) is 12.1 Å². The van der Waals surface area contributed by atoms with E-state index in [1.165, 1.54) is 22.9 Å². The quantitative estimate of drug-likeness (QED) is 0.602. The number of benzene rings is 1. The Morgan fingerprint density at radius 1 is 1.38 bits per heavy atom. The largest absolute Gasteiger partial charge is 0.497 e. The molecule has 0 aliphatic carbocycles. The number of ether oxygens (including phenoxy) is 2. The third-order valence-corrected chi connectivity index (χ3v) is 4.66. The molecule has 0 bridgehead atoms. The molecule has 3 atom stereocenters. The zero-order valence-electron chi connectivity index (χ0n) is 16.1. The van der Waals surface area contributed by atoms with E-state index in [0.717, 1.165) is 11.3 Å². The first-order chi connectivity index (χ1) is 13.9. The number of nitrogens with one attached hydrogen (secondary N) is 2. The van der Waals surface area contributed by atoms with Crippen molar-refractivity contribution in [3.8, 4) is 5.75 Å². The summed E-state index contributed by atoms with van der Waals surface area (Å²) in [7, 11) is 1.58. The van der Waals surface area contributed by atoms with Crippen molar-refractivity contribution in [1.29, 1.82) is 0 Å². The van der Waals surface area contributed by atoms with Crippen LogP contribution in [0.5, 0.6) is 5.75 Å². The molecule has 3 N–H and O–H groups in total. The Hall–Kier alpha value is -3.17. The van der Waals surface area contributed by atoms with Gasteiger partial charge in [-0.1, -0.05) is 12.1 Å². The number of aromatic amines is 1. The van der Waals surface area contributed by atoms with E-state index in [0.29, 0.717) is 12.1 Å². The third kappa shape index (κ3) is 5.01. The Morgan fingerprint density at radius 3 is 2.79 bits per heavy atom. The maximum atomic E-state index is 12.0. The molecule has 0 radical (unpaired) electrons. The number of hydrogen-bond donors (Lipinski definition) is 3. The molecule has 1 aliphatic heterocycles. The van der Waals surface area contributed by atoms with E-state index in [-0.39, 0.29) is 12.3 Å². The fourth-order valence-electron chi connectivity index (χ4n) is 2.99. The topological polar surface area (TPSA) is 123 Å². The molecule has 1 aliphatic rings. The first-order valence-electron chi connectivity index (χ1n) is 9.12. The van der Waals surface area contributed by atoms with Crippen LogP contribution in [0.3, 0.4) is 0 Å². The smallest absolute Gasteiger partial charge is 0.330 e. The van der Waals surface area contributed by atoms with E-state index in [4.69, 9.17) is 9.47 Å². The summed E-state index contributed by atoms with van der Waals surface area (Å²) in [5.74, 6) is 0.399. The minimum absolute atomic E-state index is 0.161. The van der Waals surface area contributed by atoms with Crippen molar-refractivity contribution in [2.45, 2.75) is 38.3 Å². The normalized spacial score (nSPS) is 21.4. The molecule has 1 aromatic heterocycles. The number of rotatable bonds is 6. The van der Waals surface area contributed by atoms with Crippen LogP contribution in [0.1, 0.15) is 23.8 Å². The number of carbonyl (C=O) groups is 1. The van der Waals surface area contributed by atoms with E-state index in [9.17, 15) is 19.5 Å². The summed E-state index contributed by atoms with van der Waals surface area (Å²) in [5, 5.41) is 12.9. The maximum absolute atomic E-state index is 12.0. The summed E-state index contributed by atoms with van der Waals surface area (Å²) >= 11 is 0. The molecule has 1 fully saturated rings. The molecule has 0 saturated carbocycles. The van der Waals surface area contributed by atoms with Crippen LogP contribution in [-0.2, 0) is 16.1 Å². The van der Waals surface area contributed by atoms with Gasteiger partial charge in [0.05, 0.1) is 13.2 Å². The number of aliphatic hydroxyl groups excluding tert-OH is 1. The molecule has 3 rings (SSSR count). The van der Waals surface area contributed by atoms with Gasteiger partial charge in [0, 0.05) is 30.8 Å². The number of nitrogens with zero attached hydrogens (tertiary/aromatic N) is 1. The first kappa shape index (κ1) is 20.6. The molecule has 9 nitrogen and oxygen atoms in total. The molecule has 9 heteroatoms. The summed E-state index contributed by atoms with van der Waals surface area (Å²) < 4.78 is 12.0. The monoisotopic (exact) mass is 401 g/mol. The Bertz CT molecular complexity index is 1010. The number of aryl methyl sites for hydroxylation is 1. The lowest BCUT2D eigenvalue weighted by molar-refractivity contribution is -0.116. The summed E-state index contributed by atoms with van der Waals surface area (Å²) in [5.41, 5.74) is 0.201. The van der Waals surface area contributed by atoms with Crippen molar-refractivity contribution in [3.63, 3.8) is 0 Å². The molecule has 1 amide bonds. The summed E-state index contributed by atoms with van der Waals surface area (Å²) in [6.07, 6.45) is 1.94. The van der Waals surface area contributed by atoms with Crippen LogP contribution in [0, 0.1) is 6.92 Å². The number of methoxy groups -OCH3 is 1. The molecule has 154 valence electrons. The third-order valence-electron chi connectivity index (χ3n) is 4.66. The standard InChI is InChI=1S/C20H23N3O6/c1-12-11-23(20(27)22-19(12)26)18-9-15(24)16(29-18)7-8-17(25)21-10-13-3-5-14(28-2)6-4-13/h3-8,11,15-16,18,24H,9-10H2,1-2H3,(H,21,25)(H,22,26,27)/b8-7+/t15-,16+,18+/m0/s1. The van der Waals surface area contributed by atoms with Gasteiger partial charge in [-0.2, -0.15) is 0 Å². The summed E-state index contributed by atoms with van der Waals surface area (Å²) in [6.45, 7) is 1.92. The van der Waals surface area contributed by atoms with Crippen LogP contribution in [0.4, 0.5) is 0 Å². The molecule has 2 heterocycles. The fourth-order valence-corrected chi connectivity index (χ4v) is 2.99.